The molecule has 0 unspecified atom stereocenters. The van der Waals surface area contributed by atoms with Crippen molar-refractivity contribution in [2.24, 2.45) is 5.10 Å². The van der Waals surface area contributed by atoms with Gasteiger partial charge in [0.25, 0.3) is 0 Å². The third kappa shape index (κ3) is 4.44. The number of nitrogens with zero attached hydrogens (tertiary/aromatic N) is 2. The van der Waals surface area contributed by atoms with Crippen LogP contribution in [0.5, 0.6) is 0 Å². The molecule has 0 aliphatic heterocycles. The number of carbonyl (C=O) groups is 1. The number of benzene rings is 1. The molecule has 0 fully saturated rings. The molecule has 19 heavy (non-hydrogen) atoms. The van der Waals surface area contributed by atoms with Crippen molar-refractivity contribution in [1.82, 2.24) is 5.01 Å². The highest BCUT2D eigenvalue weighted by atomic mass is 35.5. The molecule has 4 nitrogen and oxygen atoms in total. The largest absolute Gasteiger partial charge is 0.416 e. The number of hydrogen-bond donors (Lipinski definition) is 1. The molecule has 0 saturated carbocycles. The molecule has 0 aliphatic rings. The zero-order chi connectivity index (χ0) is 14.6. The first-order valence-electron chi connectivity index (χ1n) is 5.08. The molecule has 0 aromatic heterocycles. The van der Waals surface area contributed by atoms with Crippen LogP contribution < -0.4 is 5.32 Å². The SMILES string of the molecule is C=NN(C)CC(=O)Nc1ccc(C(F)(F)F)cc1Cl. The number of nitrogens with one attached hydrogen (secondary N) is 1. The standard InChI is InChI=1S/C11H11ClF3N3O/c1-16-18(2)6-10(19)17-9-4-3-7(5-8(9)12)11(13,14)15/h3-5H,1,6H2,2H3,(H,17,19). The molecule has 0 saturated heterocycles. The van der Waals surface area contributed by atoms with Crippen LogP contribution in [0, 0.1) is 0 Å². The van der Waals surface area contributed by atoms with Gasteiger partial charge in [-0.25, -0.2) is 0 Å². The van der Waals surface area contributed by atoms with Crippen LogP contribution in [0.15, 0.2) is 23.3 Å². The Morgan fingerprint density at radius 3 is 2.63 bits per heavy atom. The minimum atomic E-state index is -4.47. The quantitative estimate of drug-likeness (QED) is 0.685. The van der Waals surface area contributed by atoms with E-state index in [4.69, 9.17) is 11.6 Å². The predicted octanol–water partition coefficient (Wildman–Crippen LogP) is 2.84. The Morgan fingerprint density at radius 1 is 1.53 bits per heavy atom. The van der Waals surface area contributed by atoms with Crippen LogP contribution in [0.25, 0.3) is 0 Å². The molecular weight excluding hydrogens is 283 g/mol. The normalized spacial score (nSPS) is 11.0. The molecule has 1 N–H and O–H groups in total. The van der Waals surface area contributed by atoms with Crippen LogP contribution in [0.3, 0.4) is 0 Å². The van der Waals surface area contributed by atoms with E-state index in [1.807, 2.05) is 0 Å². The van der Waals surface area contributed by atoms with Gasteiger partial charge in [0.05, 0.1) is 16.3 Å². The average Bonchev–Trinajstić information content (AvgIpc) is 2.30. The lowest BCUT2D eigenvalue weighted by atomic mass is 10.2. The minimum absolute atomic E-state index is 0.0825. The number of hydrazone groups is 1. The summed E-state index contributed by atoms with van der Waals surface area (Å²) in [5.74, 6) is -0.462. The van der Waals surface area contributed by atoms with Gasteiger partial charge in [-0.1, -0.05) is 11.6 Å². The lowest BCUT2D eigenvalue weighted by molar-refractivity contribution is -0.137. The maximum Gasteiger partial charge on any atom is 0.416 e. The number of halogens is 4. The van der Waals surface area contributed by atoms with E-state index in [2.05, 4.69) is 17.1 Å². The van der Waals surface area contributed by atoms with E-state index >= 15 is 0 Å². The van der Waals surface area contributed by atoms with E-state index in [0.29, 0.717) is 0 Å². The Kier molecular flexibility index (Phi) is 4.77. The number of amides is 1. The van der Waals surface area contributed by atoms with E-state index in [0.717, 1.165) is 18.2 Å². The maximum absolute atomic E-state index is 12.4. The first kappa shape index (κ1) is 15.3. The topological polar surface area (TPSA) is 44.7 Å². The molecule has 1 aromatic carbocycles. The summed E-state index contributed by atoms with van der Waals surface area (Å²) in [5.41, 5.74) is -0.766. The lowest BCUT2D eigenvalue weighted by Gasteiger charge is -2.13. The number of alkyl halides is 3. The van der Waals surface area contributed by atoms with Gasteiger partial charge in [-0.3, -0.25) is 9.80 Å². The molecule has 0 spiro atoms. The number of hydrogen-bond acceptors (Lipinski definition) is 3. The van der Waals surface area contributed by atoms with E-state index in [1.54, 1.807) is 0 Å². The summed E-state index contributed by atoms with van der Waals surface area (Å²) in [6.45, 7) is 3.14. The van der Waals surface area contributed by atoms with Gasteiger partial charge in [0.2, 0.25) is 5.91 Å². The van der Waals surface area contributed by atoms with Crippen molar-refractivity contribution in [3.05, 3.63) is 28.8 Å². The van der Waals surface area contributed by atoms with Crippen molar-refractivity contribution < 1.29 is 18.0 Å². The second-order valence-corrected chi connectivity index (χ2v) is 4.10. The fourth-order valence-corrected chi connectivity index (χ4v) is 1.47. The second kappa shape index (κ2) is 5.92. The molecular formula is C11H11ClF3N3O. The Bertz CT molecular complexity index is 491. The summed E-state index contributed by atoms with van der Waals surface area (Å²) in [6.07, 6.45) is -4.47. The van der Waals surface area contributed by atoms with Crippen LogP contribution >= 0.6 is 11.6 Å². The fourth-order valence-electron chi connectivity index (χ4n) is 1.24. The Balaban J connectivity index is 2.81. The van der Waals surface area contributed by atoms with Crippen molar-refractivity contribution in [2.75, 3.05) is 18.9 Å². The van der Waals surface area contributed by atoms with Crippen LogP contribution in [-0.2, 0) is 11.0 Å². The van der Waals surface area contributed by atoms with Gasteiger partial charge < -0.3 is 5.32 Å². The molecule has 0 radical (unpaired) electrons. The van der Waals surface area contributed by atoms with Crippen LogP contribution in [0.2, 0.25) is 5.02 Å². The highest BCUT2D eigenvalue weighted by molar-refractivity contribution is 6.33. The first-order chi connectivity index (χ1) is 8.74. The number of rotatable bonds is 4. The summed E-state index contributed by atoms with van der Waals surface area (Å²) in [6, 6.07) is 2.70. The van der Waals surface area contributed by atoms with Crippen molar-refractivity contribution in [1.29, 1.82) is 0 Å². The Hall–Kier alpha value is -1.76. The highest BCUT2D eigenvalue weighted by Gasteiger charge is 2.30. The zero-order valence-electron chi connectivity index (χ0n) is 9.96. The fraction of sp³-hybridized carbons (Fsp3) is 0.273. The summed E-state index contributed by atoms with van der Waals surface area (Å²) in [4.78, 5) is 11.5. The van der Waals surface area contributed by atoms with Crippen LogP contribution in [0.1, 0.15) is 5.56 Å². The van der Waals surface area contributed by atoms with Crippen LogP contribution in [0.4, 0.5) is 18.9 Å². The molecule has 1 amide bonds. The molecule has 0 heterocycles. The molecule has 1 rings (SSSR count). The Morgan fingerprint density at radius 2 is 2.16 bits per heavy atom. The maximum atomic E-state index is 12.4. The van der Waals surface area contributed by atoms with Gasteiger partial charge in [-0.2, -0.15) is 18.3 Å². The Labute approximate surface area is 112 Å². The monoisotopic (exact) mass is 293 g/mol. The summed E-state index contributed by atoms with van der Waals surface area (Å²) >= 11 is 5.69. The van der Waals surface area contributed by atoms with Gasteiger partial charge in [0.1, 0.15) is 6.54 Å². The molecule has 0 bridgehead atoms. The number of likely N-dealkylation sites (N-methyl/N-ethyl adjacent to an activating group) is 1. The van der Waals surface area contributed by atoms with Gasteiger partial charge in [0, 0.05) is 13.8 Å². The highest BCUT2D eigenvalue weighted by Crippen LogP contribution is 2.33. The molecule has 8 heteroatoms. The van der Waals surface area contributed by atoms with Crippen molar-refractivity contribution in [3.8, 4) is 0 Å². The lowest BCUT2D eigenvalue weighted by Crippen LogP contribution is -2.26. The number of carbonyl (C=O) groups excluding carboxylic acids is 1. The van der Waals surface area contributed by atoms with Crippen molar-refractivity contribution >= 4 is 29.9 Å². The van der Waals surface area contributed by atoms with Gasteiger partial charge in [-0.15, -0.1) is 0 Å². The predicted molar refractivity (Wildman–Crippen MR) is 67.3 cm³/mol. The summed E-state index contributed by atoms with van der Waals surface area (Å²) < 4.78 is 37.2. The first-order valence-corrected chi connectivity index (χ1v) is 5.46. The van der Waals surface area contributed by atoms with Crippen molar-refractivity contribution in [3.63, 3.8) is 0 Å². The second-order valence-electron chi connectivity index (χ2n) is 3.70. The average molecular weight is 294 g/mol. The van der Waals surface area contributed by atoms with Crippen molar-refractivity contribution in [2.45, 2.75) is 6.18 Å². The third-order valence-corrected chi connectivity index (χ3v) is 2.50. The zero-order valence-corrected chi connectivity index (χ0v) is 10.7. The van der Waals surface area contributed by atoms with Gasteiger partial charge in [0.15, 0.2) is 0 Å². The molecule has 0 atom stereocenters. The third-order valence-electron chi connectivity index (χ3n) is 2.18. The smallest absolute Gasteiger partial charge is 0.323 e. The molecule has 104 valence electrons. The van der Waals surface area contributed by atoms with Gasteiger partial charge >= 0.3 is 6.18 Å². The number of anilines is 1. The minimum Gasteiger partial charge on any atom is -0.323 e. The van der Waals surface area contributed by atoms with E-state index in [1.165, 1.54) is 12.1 Å². The van der Waals surface area contributed by atoms with Gasteiger partial charge in [-0.05, 0) is 18.2 Å². The molecule has 1 aromatic rings. The van der Waals surface area contributed by atoms with E-state index in [9.17, 15) is 18.0 Å². The van der Waals surface area contributed by atoms with E-state index < -0.39 is 17.6 Å². The molecule has 0 aliphatic carbocycles. The summed E-state index contributed by atoms with van der Waals surface area (Å²) in [7, 11) is 1.53. The van der Waals surface area contributed by atoms with E-state index in [-0.39, 0.29) is 17.3 Å². The van der Waals surface area contributed by atoms with Crippen LogP contribution in [-0.4, -0.2) is 31.2 Å². The summed E-state index contributed by atoms with van der Waals surface area (Å²) in [5, 5.41) is 6.95.